The number of pyridine rings is 1. The summed E-state index contributed by atoms with van der Waals surface area (Å²) in [4.78, 5) is 6.70. The van der Waals surface area contributed by atoms with E-state index < -0.39 is 0 Å². The van der Waals surface area contributed by atoms with Crippen molar-refractivity contribution in [2.45, 2.75) is 33.1 Å². The molecule has 5 nitrogen and oxygen atoms in total. The average Bonchev–Trinajstić information content (AvgIpc) is 2.72. The van der Waals surface area contributed by atoms with Gasteiger partial charge in [0.05, 0.1) is 5.56 Å². The standard InChI is InChI=1S/C15H24N4O/c1-11(2)12-5-4-9-19(10-7-12)15-13(14(16)18-20)6-3-8-17-15/h3,6,8,11-12,20H,4-5,7,9-10H2,1-2H3,(H2,16,18). The highest BCUT2D eigenvalue weighted by atomic mass is 16.4. The minimum atomic E-state index is 0.123. The van der Waals surface area contributed by atoms with Crippen LogP contribution in [0.25, 0.3) is 0 Å². The largest absolute Gasteiger partial charge is 0.409 e. The van der Waals surface area contributed by atoms with Gasteiger partial charge in [0.2, 0.25) is 0 Å². The molecule has 1 unspecified atom stereocenters. The highest BCUT2D eigenvalue weighted by Crippen LogP contribution is 2.27. The Morgan fingerprint density at radius 1 is 1.45 bits per heavy atom. The lowest BCUT2D eigenvalue weighted by atomic mass is 9.89. The minimum Gasteiger partial charge on any atom is -0.409 e. The van der Waals surface area contributed by atoms with Crippen LogP contribution in [0, 0.1) is 11.8 Å². The molecule has 0 aliphatic carbocycles. The molecular formula is C15H24N4O. The van der Waals surface area contributed by atoms with Gasteiger partial charge in [-0.05, 0) is 43.2 Å². The molecule has 1 atom stereocenters. The molecule has 0 saturated carbocycles. The zero-order valence-electron chi connectivity index (χ0n) is 12.3. The Balaban J connectivity index is 2.20. The van der Waals surface area contributed by atoms with Crippen LogP contribution in [0.1, 0.15) is 38.7 Å². The third-order valence-corrected chi connectivity index (χ3v) is 4.19. The maximum Gasteiger partial charge on any atom is 0.173 e. The van der Waals surface area contributed by atoms with Crippen molar-refractivity contribution in [2.75, 3.05) is 18.0 Å². The summed E-state index contributed by atoms with van der Waals surface area (Å²) in [5.74, 6) is 2.45. The van der Waals surface area contributed by atoms with Gasteiger partial charge in [-0.25, -0.2) is 4.98 Å². The Labute approximate surface area is 120 Å². The molecule has 0 bridgehead atoms. The third-order valence-electron chi connectivity index (χ3n) is 4.19. The first-order valence-electron chi connectivity index (χ1n) is 7.31. The number of aromatic nitrogens is 1. The van der Waals surface area contributed by atoms with Gasteiger partial charge in [0.15, 0.2) is 5.84 Å². The van der Waals surface area contributed by atoms with Crippen molar-refractivity contribution in [1.29, 1.82) is 0 Å². The second-order valence-electron chi connectivity index (χ2n) is 5.78. The molecule has 1 aromatic rings. The van der Waals surface area contributed by atoms with Gasteiger partial charge >= 0.3 is 0 Å². The van der Waals surface area contributed by atoms with E-state index in [0.717, 1.165) is 37.2 Å². The number of nitrogens with two attached hydrogens (primary N) is 1. The quantitative estimate of drug-likeness (QED) is 0.385. The first kappa shape index (κ1) is 14.6. The Hall–Kier alpha value is -1.78. The molecule has 20 heavy (non-hydrogen) atoms. The summed E-state index contributed by atoms with van der Waals surface area (Å²) < 4.78 is 0. The number of oxime groups is 1. The molecule has 0 aromatic carbocycles. The molecule has 0 radical (unpaired) electrons. The van der Waals surface area contributed by atoms with Crippen molar-refractivity contribution in [2.24, 2.45) is 22.7 Å². The van der Waals surface area contributed by atoms with E-state index in [1.165, 1.54) is 12.8 Å². The van der Waals surface area contributed by atoms with E-state index in [1.807, 2.05) is 12.1 Å². The van der Waals surface area contributed by atoms with E-state index in [0.29, 0.717) is 5.56 Å². The summed E-state index contributed by atoms with van der Waals surface area (Å²) in [6.45, 7) is 6.55. The average molecular weight is 276 g/mol. The molecule has 2 heterocycles. The van der Waals surface area contributed by atoms with E-state index >= 15 is 0 Å². The molecule has 1 fully saturated rings. The summed E-state index contributed by atoms with van der Waals surface area (Å²) in [6.07, 6.45) is 5.35. The SMILES string of the molecule is CC(C)C1CCCN(c2ncccc2/C(N)=N/O)CC1. The Morgan fingerprint density at radius 2 is 2.25 bits per heavy atom. The van der Waals surface area contributed by atoms with Crippen LogP contribution in [0.5, 0.6) is 0 Å². The van der Waals surface area contributed by atoms with Gasteiger partial charge in [-0.15, -0.1) is 0 Å². The van der Waals surface area contributed by atoms with Crippen LogP contribution in [0.4, 0.5) is 5.82 Å². The zero-order valence-corrected chi connectivity index (χ0v) is 12.3. The topological polar surface area (TPSA) is 74.7 Å². The van der Waals surface area contributed by atoms with E-state index in [2.05, 4.69) is 28.9 Å². The molecule has 0 amide bonds. The summed E-state index contributed by atoms with van der Waals surface area (Å²) in [6, 6.07) is 3.66. The molecule has 1 saturated heterocycles. The number of nitrogens with zero attached hydrogens (tertiary/aromatic N) is 3. The Kier molecular flexibility index (Phi) is 4.82. The number of rotatable bonds is 3. The summed E-state index contributed by atoms with van der Waals surface area (Å²) >= 11 is 0. The van der Waals surface area contributed by atoms with Crippen LogP contribution in [-0.4, -0.2) is 29.1 Å². The number of anilines is 1. The molecule has 5 heteroatoms. The maximum absolute atomic E-state index is 8.90. The lowest BCUT2D eigenvalue weighted by Gasteiger charge is -2.24. The number of hydrogen-bond acceptors (Lipinski definition) is 4. The molecule has 2 rings (SSSR count). The molecule has 110 valence electrons. The molecule has 0 spiro atoms. The van der Waals surface area contributed by atoms with Crippen LogP contribution >= 0.6 is 0 Å². The Morgan fingerprint density at radius 3 is 2.95 bits per heavy atom. The monoisotopic (exact) mass is 276 g/mol. The molecular weight excluding hydrogens is 252 g/mol. The predicted molar refractivity (Wildman–Crippen MR) is 81.1 cm³/mol. The summed E-state index contributed by atoms with van der Waals surface area (Å²) in [7, 11) is 0. The summed E-state index contributed by atoms with van der Waals surface area (Å²) in [5, 5.41) is 12.0. The maximum atomic E-state index is 8.90. The Bertz CT molecular complexity index is 473. The minimum absolute atomic E-state index is 0.123. The van der Waals surface area contributed by atoms with Crippen molar-refractivity contribution < 1.29 is 5.21 Å². The highest BCUT2D eigenvalue weighted by molar-refractivity contribution is 6.01. The number of hydrogen-bond donors (Lipinski definition) is 2. The smallest absolute Gasteiger partial charge is 0.173 e. The zero-order chi connectivity index (χ0) is 14.5. The fourth-order valence-corrected chi connectivity index (χ4v) is 2.90. The van der Waals surface area contributed by atoms with Crippen LogP contribution in [-0.2, 0) is 0 Å². The van der Waals surface area contributed by atoms with Gasteiger partial charge < -0.3 is 15.8 Å². The highest BCUT2D eigenvalue weighted by Gasteiger charge is 2.22. The van der Waals surface area contributed by atoms with E-state index in [1.54, 1.807) is 6.20 Å². The van der Waals surface area contributed by atoms with Crippen LogP contribution in [0.3, 0.4) is 0 Å². The fraction of sp³-hybridized carbons (Fsp3) is 0.600. The molecule has 1 aromatic heterocycles. The van der Waals surface area contributed by atoms with Crippen LogP contribution < -0.4 is 10.6 Å². The van der Waals surface area contributed by atoms with E-state index in [-0.39, 0.29) is 5.84 Å². The molecule has 1 aliphatic rings. The van der Waals surface area contributed by atoms with Gasteiger partial charge in [0.1, 0.15) is 5.82 Å². The van der Waals surface area contributed by atoms with Crippen LogP contribution in [0.15, 0.2) is 23.5 Å². The van der Waals surface area contributed by atoms with Crippen molar-refractivity contribution >= 4 is 11.7 Å². The van der Waals surface area contributed by atoms with Crippen molar-refractivity contribution in [1.82, 2.24) is 4.98 Å². The van der Waals surface area contributed by atoms with Gasteiger partial charge in [-0.1, -0.05) is 19.0 Å². The van der Waals surface area contributed by atoms with E-state index in [9.17, 15) is 0 Å². The van der Waals surface area contributed by atoms with Crippen molar-refractivity contribution in [3.63, 3.8) is 0 Å². The predicted octanol–water partition coefficient (Wildman–Crippen LogP) is 2.44. The lowest BCUT2D eigenvalue weighted by Crippen LogP contribution is -2.29. The van der Waals surface area contributed by atoms with Gasteiger partial charge in [0, 0.05) is 19.3 Å². The van der Waals surface area contributed by atoms with Gasteiger partial charge in [-0.2, -0.15) is 0 Å². The third kappa shape index (κ3) is 3.21. The van der Waals surface area contributed by atoms with Crippen molar-refractivity contribution in [3.05, 3.63) is 23.9 Å². The van der Waals surface area contributed by atoms with Crippen LogP contribution in [0.2, 0.25) is 0 Å². The van der Waals surface area contributed by atoms with Crippen molar-refractivity contribution in [3.8, 4) is 0 Å². The van der Waals surface area contributed by atoms with Gasteiger partial charge in [0.25, 0.3) is 0 Å². The lowest BCUT2D eigenvalue weighted by molar-refractivity contribution is 0.318. The molecule has 1 aliphatic heterocycles. The first-order valence-corrected chi connectivity index (χ1v) is 7.31. The van der Waals surface area contributed by atoms with Gasteiger partial charge in [-0.3, -0.25) is 0 Å². The first-order chi connectivity index (χ1) is 9.63. The normalized spacial score (nSPS) is 21.1. The second-order valence-corrected chi connectivity index (χ2v) is 5.78. The summed E-state index contributed by atoms with van der Waals surface area (Å²) in [5.41, 5.74) is 6.46. The van der Waals surface area contributed by atoms with E-state index in [4.69, 9.17) is 10.9 Å². The number of amidine groups is 1. The molecule has 3 N–H and O–H groups in total. The second kappa shape index (κ2) is 6.59. The fourth-order valence-electron chi connectivity index (χ4n) is 2.90.